The van der Waals surface area contributed by atoms with Crippen molar-refractivity contribution in [1.82, 2.24) is 35.5 Å². The lowest BCUT2D eigenvalue weighted by Crippen LogP contribution is -2.42. The van der Waals surface area contributed by atoms with Crippen molar-refractivity contribution in [2.24, 2.45) is 7.05 Å². The second kappa shape index (κ2) is 7.40. The Hall–Kier alpha value is -3.07. The molecule has 2 fully saturated rings. The molecule has 3 atom stereocenters. The molecule has 1 unspecified atom stereocenters. The van der Waals surface area contributed by atoms with E-state index in [0.29, 0.717) is 40.9 Å². The average molecular weight is 393 g/mol. The van der Waals surface area contributed by atoms with Gasteiger partial charge in [0.25, 0.3) is 0 Å². The topological polar surface area (TPSA) is 99.9 Å². The van der Waals surface area contributed by atoms with E-state index in [2.05, 4.69) is 30.8 Å². The fraction of sp³-hybridized carbons (Fsp3) is 0.450. The maximum atomic E-state index is 6.07. The van der Waals surface area contributed by atoms with E-state index in [0.717, 1.165) is 18.4 Å². The van der Waals surface area contributed by atoms with Gasteiger partial charge in [-0.2, -0.15) is 0 Å². The Labute approximate surface area is 168 Å². The van der Waals surface area contributed by atoms with E-state index in [1.54, 1.807) is 11.8 Å². The summed E-state index contributed by atoms with van der Waals surface area (Å²) in [5.41, 5.74) is 2.81. The Kier molecular flexibility index (Phi) is 4.59. The Morgan fingerprint density at radius 1 is 0.966 bits per heavy atom. The number of aromatic nitrogens is 6. The van der Waals surface area contributed by atoms with Gasteiger partial charge in [-0.05, 0) is 43.9 Å². The SMILES string of the molecule is COc1nc(-c2ccc(OC3C[C@H]4CC[C@@H](C3)N4)nn2)ccc1-c1cn(C)nn1. The molecule has 3 aromatic rings. The van der Waals surface area contributed by atoms with Gasteiger partial charge in [0.2, 0.25) is 11.8 Å². The highest BCUT2D eigenvalue weighted by Gasteiger charge is 2.34. The zero-order valence-electron chi connectivity index (χ0n) is 16.4. The molecular weight excluding hydrogens is 370 g/mol. The number of hydrogen-bond donors (Lipinski definition) is 1. The van der Waals surface area contributed by atoms with Crippen LogP contribution in [0.4, 0.5) is 0 Å². The van der Waals surface area contributed by atoms with Crippen molar-refractivity contribution in [2.75, 3.05) is 7.11 Å². The third kappa shape index (κ3) is 3.65. The van der Waals surface area contributed by atoms with E-state index in [1.807, 2.05) is 37.5 Å². The predicted octanol–water partition coefficient (Wildman–Crippen LogP) is 2.00. The molecule has 9 nitrogen and oxygen atoms in total. The van der Waals surface area contributed by atoms with Crippen LogP contribution < -0.4 is 14.8 Å². The van der Waals surface area contributed by atoms with Crippen molar-refractivity contribution < 1.29 is 9.47 Å². The molecule has 5 rings (SSSR count). The van der Waals surface area contributed by atoms with Crippen LogP contribution in [0.15, 0.2) is 30.5 Å². The smallest absolute Gasteiger partial charge is 0.233 e. The predicted molar refractivity (Wildman–Crippen MR) is 105 cm³/mol. The van der Waals surface area contributed by atoms with Crippen LogP contribution in [0, 0.1) is 0 Å². The van der Waals surface area contributed by atoms with Crippen LogP contribution in [0.2, 0.25) is 0 Å². The number of rotatable bonds is 5. The number of ether oxygens (including phenoxy) is 2. The van der Waals surface area contributed by atoms with Gasteiger partial charge in [0, 0.05) is 25.2 Å². The Morgan fingerprint density at radius 3 is 2.41 bits per heavy atom. The minimum absolute atomic E-state index is 0.207. The number of aryl methyl sites for hydroxylation is 1. The molecule has 0 spiro atoms. The summed E-state index contributed by atoms with van der Waals surface area (Å²) in [6.07, 6.45) is 6.57. The Morgan fingerprint density at radius 2 is 1.76 bits per heavy atom. The van der Waals surface area contributed by atoms with Crippen molar-refractivity contribution in [3.63, 3.8) is 0 Å². The second-order valence-electron chi connectivity index (χ2n) is 7.64. The fourth-order valence-corrected chi connectivity index (χ4v) is 4.20. The van der Waals surface area contributed by atoms with Gasteiger partial charge in [0.05, 0.1) is 24.6 Å². The first-order valence-electron chi connectivity index (χ1n) is 9.86. The second-order valence-corrected chi connectivity index (χ2v) is 7.64. The molecule has 0 aromatic carbocycles. The van der Waals surface area contributed by atoms with Crippen LogP contribution >= 0.6 is 0 Å². The molecule has 2 bridgehead atoms. The number of hydrogen-bond acceptors (Lipinski definition) is 8. The number of piperidine rings is 1. The van der Waals surface area contributed by atoms with Crippen LogP contribution in [0.25, 0.3) is 22.6 Å². The van der Waals surface area contributed by atoms with Crippen molar-refractivity contribution >= 4 is 0 Å². The lowest BCUT2D eigenvalue weighted by Gasteiger charge is -2.28. The van der Waals surface area contributed by atoms with Crippen LogP contribution in [-0.2, 0) is 7.05 Å². The molecule has 9 heteroatoms. The van der Waals surface area contributed by atoms with Crippen molar-refractivity contribution in [3.8, 4) is 34.4 Å². The molecular formula is C20H23N7O2. The molecule has 0 amide bonds. The summed E-state index contributed by atoms with van der Waals surface area (Å²) >= 11 is 0. The molecule has 0 saturated carbocycles. The summed E-state index contributed by atoms with van der Waals surface area (Å²) in [6, 6.07) is 8.67. The summed E-state index contributed by atoms with van der Waals surface area (Å²) in [5.74, 6) is 1.03. The zero-order chi connectivity index (χ0) is 19.8. The molecule has 2 aliphatic heterocycles. The minimum atomic E-state index is 0.207. The van der Waals surface area contributed by atoms with Gasteiger partial charge in [-0.3, -0.25) is 4.68 Å². The van der Waals surface area contributed by atoms with E-state index < -0.39 is 0 Å². The lowest BCUT2D eigenvalue weighted by molar-refractivity contribution is 0.130. The molecule has 2 aliphatic rings. The highest BCUT2D eigenvalue weighted by molar-refractivity contribution is 5.68. The van der Waals surface area contributed by atoms with E-state index in [1.165, 1.54) is 12.8 Å². The maximum Gasteiger partial charge on any atom is 0.233 e. The Balaban J connectivity index is 1.33. The monoisotopic (exact) mass is 393 g/mol. The largest absolute Gasteiger partial charge is 0.480 e. The summed E-state index contributed by atoms with van der Waals surface area (Å²) < 4.78 is 13.2. The third-order valence-corrected chi connectivity index (χ3v) is 5.55. The molecule has 29 heavy (non-hydrogen) atoms. The first-order chi connectivity index (χ1) is 14.2. The summed E-state index contributed by atoms with van der Waals surface area (Å²) in [6.45, 7) is 0. The standard InChI is InChI=1S/C20H23N7O2/c1-27-11-18(24-26-27)15-5-6-16(22-20(15)28-2)17-7-8-19(25-23-17)29-14-9-12-3-4-13(10-14)21-12/h5-8,11-14,21H,3-4,9-10H2,1-2H3/t12-,13+,14?. The van der Waals surface area contributed by atoms with Crippen LogP contribution in [0.5, 0.6) is 11.8 Å². The Bertz CT molecular complexity index is 992. The normalized spacial score (nSPS) is 23.2. The van der Waals surface area contributed by atoms with Crippen LogP contribution in [0.1, 0.15) is 25.7 Å². The molecule has 150 valence electrons. The number of methoxy groups -OCH3 is 1. The van der Waals surface area contributed by atoms with E-state index in [9.17, 15) is 0 Å². The maximum absolute atomic E-state index is 6.07. The fourth-order valence-electron chi connectivity index (χ4n) is 4.20. The van der Waals surface area contributed by atoms with Gasteiger partial charge in [0.15, 0.2) is 0 Å². The van der Waals surface area contributed by atoms with Gasteiger partial charge in [0.1, 0.15) is 17.5 Å². The molecule has 0 radical (unpaired) electrons. The van der Waals surface area contributed by atoms with Crippen molar-refractivity contribution in [3.05, 3.63) is 30.5 Å². The first kappa shape index (κ1) is 18.0. The summed E-state index contributed by atoms with van der Waals surface area (Å²) in [4.78, 5) is 4.57. The highest BCUT2D eigenvalue weighted by atomic mass is 16.5. The lowest BCUT2D eigenvalue weighted by atomic mass is 10.0. The highest BCUT2D eigenvalue weighted by Crippen LogP contribution is 2.31. The van der Waals surface area contributed by atoms with Crippen LogP contribution in [-0.4, -0.2) is 55.5 Å². The van der Waals surface area contributed by atoms with Crippen LogP contribution in [0.3, 0.4) is 0 Å². The van der Waals surface area contributed by atoms with Gasteiger partial charge >= 0.3 is 0 Å². The zero-order valence-corrected chi connectivity index (χ0v) is 16.4. The summed E-state index contributed by atoms with van der Waals surface area (Å²) in [7, 11) is 3.40. The van der Waals surface area contributed by atoms with Crippen molar-refractivity contribution in [2.45, 2.75) is 43.9 Å². The number of nitrogens with zero attached hydrogens (tertiary/aromatic N) is 6. The average Bonchev–Trinajstić information content (AvgIpc) is 3.32. The van der Waals surface area contributed by atoms with Crippen molar-refractivity contribution in [1.29, 1.82) is 0 Å². The quantitative estimate of drug-likeness (QED) is 0.703. The first-order valence-corrected chi connectivity index (χ1v) is 9.86. The third-order valence-electron chi connectivity index (χ3n) is 5.55. The van der Waals surface area contributed by atoms with Gasteiger partial charge in [-0.25, -0.2) is 4.98 Å². The number of pyridine rings is 1. The number of nitrogens with one attached hydrogen (secondary N) is 1. The van der Waals surface area contributed by atoms with Gasteiger partial charge in [-0.15, -0.1) is 15.3 Å². The number of fused-ring (bicyclic) bond motifs is 2. The van der Waals surface area contributed by atoms with E-state index in [4.69, 9.17) is 9.47 Å². The molecule has 2 saturated heterocycles. The van der Waals surface area contributed by atoms with E-state index >= 15 is 0 Å². The van der Waals surface area contributed by atoms with Gasteiger partial charge < -0.3 is 14.8 Å². The molecule has 5 heterocycles. The molecule has 0 aliphatic carbocycles. The minimum Gasteiger partial charge on any atom is -0.480 e. The molecule has 3 aromatic heterocycles. The van der Waals surface area contributed by atoms with Gasteiger partial charge in [-0.1, -0.05) is 5.21 Å². The molecule has 1 N–H and O–H groups in total. The van der Waals surface area contributed by atoms with E-state index in [-0.39, 0.29) is 6.10 Å². The summed E-state index contributed by atoms with van der Waals surface area (Å²) in [5, 5.41) is 20.3.